The molecule has 6 rings (SSSR count). The molecule has 3 aliphatic rings. The van der Waals surface area contributed by atoms with Crippen LogP contribution < -0.4 is 15.9 Å². The van der Waals surface area contributed by atoms with E-state index in [4.69, 9.17) is 4.98 Å². The molecule has 4 heterocycles. The van der Waals surface area contributed by atoms with Gasteiger partial charge in [0.15, 0.2) is 0 Å². The monoisotopic (exact) mass is 513 g/mol. The average molecular weight is 514 g/mol. The van der Waals surface area contributed by atoms with E-state index in [9.17, 15) is 4.79 Å². The second-order valence-electron chi connectivity index (χ2n) is 10.3. The Bertz CT molecular complexity index is 1380. The molecule has 0 spiro atoms. The maximum Gasteiger partial charge on any atom is 0.317 e. The fourth-order valence-electron chi connectivity index (χ4n) is 5.96. The molecule has 2 saturated heterocycles. The first-order chi connectivity index (χ1) is 18.2. The molecule has 1 aromatic carbocycles. The first-order valence-electron chi connectivity index (χ1n) is 13.5. The molecule has 6 nitrogen and oxygen atoms in total. The predicted molar refractivity (Wildman–Crippen MR) is 150 cm³/mol. The van der Waals surface area contributed by atoms with Crippen LogP contribution in [-0.4, -0.2) is 77.6 Å². The van der Waals surface area contributed by atoms with Gasteiger partial charge in [-0.2, -0.15) is 0 Å². The van der Waals surface area contributed by atoms with Gasteiger partial charge in [0.2, 0.25) is 0 Å². The van der Waals surface area contributed by atoms with Crippen LogP contribution in [0.2, 0.25) is 0 Å². The lowest BCUT2D eigenvalue weighted by molar-refractivity contribution is 0.0933. The van der Waals surface area contributed by atoms with E-state index in [0.29, 0.717) is 6.04 Å². The van der Waals surface area contributed by atoms with Crippen molar-refractivity contribution in [1.29, 1.82) is 0 Å². The molecule has 2 aromatic heterocycles. The quantitative estimate of drug-likeness (QED) is 0.528. The summed E-state index contributed by atoms with van der Waals surface area (Å²) in [4.78, 5) is 27.0. The van der Waals surface area contributed by atoms with Crippen LogP contribution in [0.4, 0.5) is 4.79 Å². The van der Waals surface area contributed by atoms with E-state index < -0.39 is 0 Å². The molecule has 7 heteroatoms. The number of hydrogen-bond acceptors (Lipinski definition) is 5. The Morgan fingerprint density at radius 1 is 1.08 bits per heavy atom. The second kappa shape index (κ2) is 10.7. The molecular formula is C30H35N5OS. The van der Waals surface area contributed by atoms with Gasteiger partial charge in [0.05, 0.1) is 11.0 Å². The highest BCUT2D eigenvalue weighted by molar-refractivity contribution is 7.12. The van der Waals surface area contributed by atoms with Crippen molar-refractivity contribution in [3.05, 3.63) is 86.2 Å². The van der Waals surface area contributed by atoms with Crippen molar-refractivity contribution < 1.29 is 4.79 Å². The number of aryl methyl sites for hydroxylation is 2. The van der Waals surface area contributed by atoms with Crippen LogP contribution in [0.15, 0.2) is 54.7 Å². The van der Waals surface area contributed by atoms with E-state index in [-0.39, 0.29) is 6.03 Å². The number of fused-ring (bicyclic) bond motifs is 2. The first-order valence-corrected chi connectivity index (χ1v) is 14.3. The Kier molecular flexibility index (Phi) is 6.98. The molecule has 1 aliphatic carbocycles. The highest BCUT2D eigenvalue weighted by Crippen LogP contribution is 2.32. The summed E-state index contributed by atoms with van der Waals surface area (Å²) in [7, 11) is 0. The van der Waals surface area contributed by atoms with E-state index in [1.165, 1.54) is 31.8 Å². The van der Waals surface area contributed by atoms with E-state index in [1.54, 1.807) is 0 Å². The van der Waals surface area contributed by atoms with Crippen molar-refractivity contribution in [2.75, 3.05) is 45.8 Å². The first kappa shape index (κ1) is 24.2. The van der Waals surface area contributed by atoms with Crippen LogP contribution in [0.5, 0.6) is 0 Å². The molecular weight excluding hydrogens is 478 g/mol. The van der Waals surface area contributed by atoms with Crippen molar-refractivity contribution in [1.82, 2.24) is 25.0 Å². The minimum atomic E-state index is 0.0766. The fraction of sp³-hybridized carbons (Fsp3) is 0.400. The lowest BCUT2D eigenvalue weighted by Crippen LogP contribution is -2.55. The molecule has 2 fully saturated rings. The van der Waals surface area contributed by atoms with Gasteiger partial charge in [-0.25, -0.2) is 4.79 Å². The van der Waals surface area contributed by atoms with E-state index in [2.05, 4.69) is 70.6 Å². The van der Waals surface area contributed by atoms with Crippen molar-refractivity contribution >= 4 is 29.1 Å². The summed E-state index contributed by atoms with van der Waals surface area (Å²) in [6, 6.07) is 17.9. The molecule has 2 amide bonds. The number of rotatable bonds is 7. The zero-order chi connectivity index (χ0) is 25.2. The zero-order valence-electron chi connectivity index (χ0n) is 21.5. The SMILES string of the molecule is Cc1cc2c(s1)CC=c1cccnc1=C2N1CCN(CCN2CCNC2=O)C(CCc2ccccc2)C1. The molecule has 192 valence electrons. The number of thiophene rings is 1. The third kappa shape index (κ3) is 5.15. The van der Waals surface area contributed by atoms with Crippen LogP contribution >= 0.6 is 11.3 Å². The number of hydrogen-bond donors (Lipinski definition) is 1. The summed E-state index contributed by atoms with van der Waals surface area (Å²) < 4.78 is 0. The number of nitrogens with zero attached hydrogens (tertiary/aromatic N) is 4. The van der Waals surface area contributed by atoms with Crippen LogP contribution in [-0.2, 0) is 12.8 Å². The number of piperazine rings is 1. The maximum absolute atomic E-state index is 12.1. The smallest absolute Gasteiger partial charge is 0.317 e. The van der Waals surface area contributed by atoms with Gasteiger partial charge in [-0.1, -0.05) is 42.5 Å². The molecule has 37 heavy (non-hydrogen) atoms. The van der Waals surface area contributed by atoms with Gasteiger partial charge >= 0.3 is 6.03 Å². The highest BCUT2D eigenvalue weighted by Gasteiger charge is 2.31. The summed E-state index contributed by atoms with van der Waals surface area (Å²) in [5, 5.41) is 5.29. The number of benzene rings is 1. The Labute approximate surface area is 222 Å². The number of carbonyl (C=O) groups is 1. The standard InChI is InChI=1S/C30H35N5OS/c1-22-20-26-27(37-22)12-10-24-8-5-13-31-28(24)29(26)35-19-17-33(16-18-34-15-14-32-30(34)36)25(21-35)11-9-23-6-3-2-4-7-23/h2-8,10,13,20,25H,9,11-12,14-19,21H2,1H3,(H,32,36). The van der Waals surface area contributed by atoms with Crippen LogP contribution in [0.25, 0.3) is 11.8 Å². The number of aromatic nitrogens is 1. The topological polar surface area (TPSA) is 51.7 Å². The van der Waals surface area contributed by atoms with Crippen LogP contribution in [0.1, 0.15) is 27.3 Å². The van der Waals surface area contributed by atoms with E-state index in [0.717, 1.165) is 70.4 Å². The Hall–Kier alpha value is -3.16. The van der Waals surface area contributed by atoms with Crippen molar-refractivity contribution in [2.24, 2.45) is 0 Å². The minimum absolute atomic E-state index is 0.0766. The maximum atomic E-state index is 12.1. The minimum Gasteiger partial charge on any atom is -0.366 e. The van der Waals surface area contributed by atoms with Gasteiger partial charge in [-0.15, -0.1) is 11.3 Å². The van der Waals surface area contributed by atoms with E-state index in [1.807, 2.05) is 28.5 Å². The third-order valence-corrected chi connectivity index (χ3v) is 8.96. The third-order valence-electron chi connectivity index (χ3n) is 7.89. The molecule has 0 saturated carbocycles. The molecule has 2 aliphatic heterocycles. The van der Waals surface area contributed by atoms with Crippen molar-refractivity contribution in [3.63, 3.8) is 0 Å². The van der Waals surface area contributed by atoms with Crippen LogP contribution in [0.3, 0.4) is 0 Å². The highest BCUT2D eigenvalue weighted by atomic mass is 32.1. The number of carbonyl (C=O) groups excluding carboxylic acids is 1. The van der Waals surface area contributed by atoms with Gasteiger partial charge in [-0.3, -0.25) is 9.88 Å². The molecule has 0 radical (unpaired) electrons. The molecule has 1 N–H and O–H groups in total. The summed E-state index contributed by atoms with van der Waals surface area (Å²) in [6.45, 7) is 8.41. The van der Waals surface area contributed by atoms with Gasteiger partial charge in [0.1, 0.15) is 0 Å². The summed E-state index contributed by atoms with van der Waals surface area (Å²) >= 11 is 1.91. The molecule has 1 unspecified atom stereocenters. The van der Waals surface area contributed by atoms with Crippen molar-refractivity contribution in [2.45, 2.75) is 32.2 Å². The van der Waals surface area contributed by atoms with Gasteiger partial charge in [0, 0.05) is 79.8 Å². The van der Waals surface area contributed by atoms with E-state index >= 15 is 0 Å². The summed E-state index contributed by atoms with van der Waals surface area (Å²) in [5.74, 6) is 0. The number of amides is 2. The van der Waals surface area contributed by atoms with Crippen molar-refractivity contribution in [3.8, 4) is 0 Å². The summed E-state index contributed by atoms with van der Waals surface area (Å²) in [5.41, 5.74) is 4.05. The normalized spacial score (nSPS) is 19.8. The average Bonchev–Trinajstić information content (AvgIpc) is 3.47. The van der Waals surface area contributed by atoms with Gasteiger partial charge in [0.25, 0.3) is 0 Å². The number of urea groups is 1. The summed E-state index contributed by atoms with van der Waals surface area (Å²) in [6.07, 6.45) is 7.39. The van der Waals surface area contributed by atoms with Gasteiger partial charge < -0.3 is 15.1 Å². The second-order valence-corrected chi connectivity index (χ2v) is 11.6. The Morgan fingerprint density at radius 2 is 1.97 bits per heavy atom. The molecule has 3 aromatic rings. The fourth-order valence-corrected chi connectivity index (χ4v) is 6.96. The molecule has 0 bridgehead atoms. The Balaban J connectivity index is 1.30. The number of pyridine rings is 1. The molecule has 1 atom stereocenters. The zero-order valence-corrected chi connectivity index (χ0v) is 22.3. The Morgan fingerprint density at radius 3 is 2.81 bits per heavy atom. The predicted octanol–water partition coefficient (Wildman–Crippen LogP) is 2.59. The van der Waals surface area contributed by atoms with Crippen LogP contribution in [0, 0.1) is 6.92 Å². The lowest BCUT2D eigenvalue weighted by Gasteiger charge is -2.44. The lowest BCUT2D eigenvalue weighted by atomic mass is 10.00. The largest absolute Gasteiger partial charge is 0.366 e. The number of nitrogens with one attached hydrogen (secondary N) is 1. The van der Waals surface area contributed by atoms with Gasteiger partial charge in [-0.05, 0) is 42.7 Å².